The molecule has 0 spiro atoms. The third-order valence-electron chi connectivity index (χ3n) is 4.00. The van der Waals surface area contributed by atoms with Crippen molar-refractivity contribution in [1.29, 1.82) is 5.26 Å². The molecule has 27 heavy (non-hydrogen) atoms. The second kappa shape index (κ2) is 7.70. The fourth-order valence-corrected chi connectivity index (χ4v) is 2.69. The molecule has 1 aliphatic rings. The van der Waals surface area contributed by atoms with E-state index in [0.29, 0.717) is 39.9 Å². The molecule has 2 aromatic rings. The van der Waals surface area contributed by atoms with E-state index in [0.717, 1.165) is 0 Å². The number of rotatable bonds is 6. The molecule has 1 aliphatic heterocycles. The molecule has 0 radical (unpaired) electrons. The molecular weight excluding hydrogens is 350 g/mol. The van der Waals surface area contributed by atoms with Gasteiger partial charge in [-0.3, -0.25) is 4.79 Å². The van der Waals surface area contributed by atoms with Crippen molar-refractivity contribution in [3.63, 3.8) is 0 Å². The minimum absolute atomic E-state index is 0.0388. The van der Waals surface area contributed by atoms with Crippen LogP contribution < -0.4 is 23.7 Å². The molecule has 0 atom stereocenters. The van der Waals surface area contributed by atoms with Crippen molar-refractivity contribution >= 4 is 11.9 Å². The van der Waals surface area contributed by atoms with E-state index in [-0.39, 0.29) is 12.4 Å². The van der Waals surface area contributed by atoms with E-state index in [1.165, 1.54) is 27.4 Å². The molecule has 7 heteroatoms. The van der Waals surface area contributed by atoms with Crippen LogP contribution >= 0.6 is 0 Å². The lowest BCUT2D eigenvalue weighted by Crippen LogP contribution is -2.02. The van der Waals surface area contributed by atoms with Crippen LogP contribution in [0, 0.1) is 11.3 Å². The van der Waals surface area contributed by atoms with Gasteiger partial charge in [0.05, 0.1) is 21.3 Å². The van der Waals surface area contributed by atoms with Gasteiger partial charge in [-0.05, 0) is 42.0 Å². The molecule has 0 saturated carbocycles. The van der Waals surface area contributed by atoms with E-state index in [1.54, 1.807) is 30.3 Å². The molecule has 0 aliphatic carbocycles. The van der Waals surface area contributed by atoms with Crippen LogP contribution in [0.3, 0.4) is 0 Å². The fraction of sp³-hybridized carbons (Fsp3) is 0.200. The zero-order chi connectivity index (χ0) is 19.4. The van der Waals surface area contributed by atoms with Crippen LogP contribution in [0.2, 0.25) is 0 Å². The van der Waals surface area contributed by atoms with Gasteiger partial charge >= 0.3 is 0 Å². The molecule has 0 N–H and O–H groups in total. The van der Waals surface area contributed by atoms with Crippen LogP contribution in [-0.4, -0.2) is 33.9 Å². The topological polar surface area (TPSA) is 87.0 Å². The quantitative estimate of drug-likeness (QED) is 0.440. The normalized spacial score (nSPS) is 12.3. The van der Waals surface area contributed by atoms with Crippen molar-refractivity contribution in [3.05, 3.63) is 47.0 Å². The van der Waals surface area contributed by atoms with E-state index < -0.39 is 5.78 Å². The van der Waals surface area contributed by atoms with Crippen LogP contribution in [0.1, 0.15) is 15.9 Å². The number of ether oxygens (including phenoxy) is 5. The van der Waals surface area contributed by atoms with E-state index in [4.69, 9.17) is 23.7 Å². The number of hydrogen-bond acceptors (Lipinski definition) is 7. The van der Waals surface area contributed by atoms with Gasteiger partial charge in [0.1, 0.15) is 11.6 Å². The molecular formula is C20H17NO6. The predicted molar refractivity (Wildman–Crippen MR) is 96.6 cm³/mol. The van der Waals surface area contributed by atoms with Gasteiger partial charge < -0.3 is 23.7 Å². The summed E-state index contributed by atoms with van der Waals surface area (Å²) in [5, 5.41) is 9.48. The van der Waals surface area contributed by atoms with Crippen molar-refractivity contribution < 1.29 is 28.5 Å². The maximum absolute atomic E-state index is 12.7. The number of Topliss-reactive ketones (excluding diaryl/α,β-unsaturated/α-hetero) is 1. The number of allylic oxidation sites excluding steroid dienone is 1. The molecule has 0 saturated heterocycles. The summed E-state index contributed by atoms with van der Waals surface area (Å²) in [5.41, 5.74) is 0.859. The Morgan fingerprint density at radius 3 is 2.30 bits per heavy atom. The number of nitrogens with zero attached hydrogens (tertiary/aromatic N) is 1. The maximum atomic E-state index is 12.7. The van der Waals surface area contributed by atoms with E-state index in [2.05, 4.69) is 0 Å². The lowest BCUT2D eigenvalue weighted by molar-refractivity contribution is 0.103. The SMILES string of the molecule is COc1cc(C=C(C#N)C(=O)c2ccc3c(c2)OCO3)cc(OC)c1OC. The largest absolute Gasteiger partial charge is 0.493 e. The van der Waals surface area contributed by atoms with Gasteiger partial charge in [-0.25, -0.2) is 0 Å². The van der Waals surface area contributed by atoms with Gasteiger partial charge in [0.2, 0.25) is 18.3 Å². The first-order chi connectivity index (χ1) is 13.1. The minimum atomic E-state index is -0.426. The van der Waals surface area contributed by atoms with Crippen molar-refractivity contribution in [2.24, 2.45) is 0 Å². The van der Waals surface area contributed by atoms with Crippen molar-refractivity contribution in [1.82, 2.24) is 0 Å². The molecule has 7 nitrogen and oxygen atoms in total. The Morgan fingerprint density at radius 1 is 1.04 bits per heavy atom. The molecule has 0 amide bonds. The highest BCUT2D eigenvalue weighted by atomic mass is 16.7. The Balaban J connectivity index is 1.99. The summed E-state index contributed by atoms with van der Waals surface area (Å²) in [7, 11) is 4.49. The van der Waals surface area contributed by atoms with Crippen molar-refractivity contribution in [3.8, 4) is 34.8 Å². The highest BCUT2D eigenvalue weighted by Crippen LogP contribution is 2.39. The highest BCUT2D eigenvalue weighted by Gasteiger charge is 2.19. The van der Waals surface area contributed by atoms with Crippen molar-refractivity contribution in [2.45, 2.75) is 0 Å². The Morgan fingerprint density at radius 2 is 1.70 bits per heavy atom. The number of methoxy groups -OCH3 is 3. The molecule has 3 rings (SSSR count). The van der Waals surface area contributed by atoms with E-state index >= 15 is 0 Å². The number of carbonyl (C=O) groups is 1. The first kappa shape index (κ1) is 18.1. The number of ketones is 1. The Labute approximate surface area is 156 Å². The number of hydrogen-bond donors (Lipinski definition) is 0. The van der Waals surface area contributed by atoms with E-state index in [1.807, 2.05) is 6.07 Å². The maximum Gasteiger partial charge on any atom is 0.231 e. The van der Waals surface area contributed by atoms with Crippen LogP contribution in [0.4, 0.5) is 0 Å². The van der Waals surface area contributed by atoms with Gasteiger partial charge in [-0.1, -0.05) is 0 Å². The summed E-state index contributed by atoms with van der Waals surface area (Å²) >= 11 is 0. The Hall–Kier alpha value is -3.66. The predicted octanol–water partition coefficient (Wildman–Crippen LogP) is 3.23. The minimum Gasteiger partial charge on any atom is -0.493 e. The molecule has 0 bridgehead atoms. The summed E-state index contributed by atoms with van der Waals surface area (Å²) in [6.07, 6.45) is 1.47. The van der Waals surface area contributed by atoms with Gasteiger partial charge in [0.25, 0.3) is 0 Å². The number of benzene rings is 2. The number of nitriles is 1. The smallest absolute Gasteiger partial charge is 0.231 e. The molecule has 138 valence electrons. The van der Waals surface area contributed by atoms with Crippen LogP contribution in [0.5, 0.6) is 28.7 Å². The first-order valence-electron chi connectivity index (χ1n) is 7.97. The summed E-state index contributed by atoms with van der Waals surface area (Å²) in [6, 6.07) is 10.1. The van der Waals surface area contributed by atoms with Gasteiger partial charge in [-0.2, -0.15) is 5.26 Å². The standard InChI is InChI=1S/C20H17NO6/c1-23-17-7-12(8-18(24-2)20(17)25-3)6-14(10-21)19(22)13-4-5-15-16(9-13)27-11-26-15/h4-9H,11H2,1-3H3. The molecule has 0 unspecified atom stereocenters. The Kier molecular flexibility index (Phi) is 5.18. The highest BCUT2D eigenvalue weighted by molar-refractivity contribution is 6.14. The Bertz CT molecular complexity index is 932. The summed E-state index contributed by atoms with van der Waals surface area (Å²) in [4.78, 5) is 12.7. The summed E-state index contributed by atoms with van der Waals surface area (Å²) < 4.78 is 26.4. The van der Waals surface area contributed by atoms with Gasteiger partial charge in [0.15, 0.2) is 23.0 Å². The molecule has 0 fully saturated rings. The summed E-state index contributed by atoms with van der Waals surface area (Å²) in [6.45, 7) is 0.110. The zero-order valence-corrected chi connectivity index (χ0v) is 15.1. The van der Waals surface area contributed by atoms with E-state index in [9.17, 15) is 10.1 Å². The third kappa shape index (κ3) is 3.51. The molecule has 1 heterocycles. The van der Waals surface area contributed by atoms with Crippen molar-refractivity contribution in [2.75, 3.05) is 28.1 Å². The first-order valence-corrected chi connectivity index (χ1v) is 7.97. The average molecular weight is 367 g/mol. The van der Waals surface area contributed by atoms with Crippen LogP contribution in [0.15, 0.2) is 35.9 Å². The third-order valence-corrected chi connectivity index (χ3v) is 4.00. The number of carbonyl (C=O) groups excluding carboxylic acids is 1. The fourth-order valence-electron chi connectivity index (χ4n) is 2.69. The van der Waals surface area contributed by atoms with Gasteiger partial charge in [-0.15, -0.1) is 0 Å². The van der Waals surface area contributed by atoms with Gasteiger partial charge in [0, 0.05) is 5.56 Å². The second-order valence-electron chi connectivity index (χ2n) is 5.53. The van der Waals surface area contributed by atoms with Crippen LogP contribution in [0.25, 0.3) is 6.08 Å². The molecule has 0 aromatic heterocycles. The second-order valence-corrected chi connectivity index (χ2v) is 5.53. The monoisotopic (exact) mass is 367 g/mol. The summed E-state index contributed by atoms with van der Waals surface area (Å²) in [5.74, 6) is 1.90. The lowest BCUT2D eigenvalue weighted by Gasteiger charge is -2.13. The lowest BCUT2D eigenvalue weighted by atomic mass is 10.0. The average Bonchev–Trinajstić information content (AvgIpc) is 3.18. The number of fused-ring (bicyclic) bond motifs is 1. The zero-order valence-electron chi connectivity index (χ0n) is 15.1. The van der Waals surface area contributed by atoms with Crippen LogP contribution in [-0.2, 0) is 0 Å². The molecule has 2 aromatic carbocycles.